The van der Waals surface area contributed by atoms with Gasteiger partial charge >= 0.3 is 6.18 Å². The molecule has 2 N–H and O–H groups in total. The largest absolute Gasteiger partial charge is 0.433 e. The summed E-state index contributed by atoms with van der Waals surface area (Å²) in [4.78, 5) is 24.3. The number of pyridine rings is 1. The van der Waals surface area contributed by atoms with Gasteiger partial charge in [0.2, 0.25) is 11.9 Å². The van der Waals surface area contributed by atoms with Crippen LogP contribution in [0.3, 0.4) is 0 Å². The fourth-order valence-corrected chi connectivity index (χ4v) is 3.45. The highest BCUT2D eigenvalue weighted by molar-refractivity contribution is 5.92. The monoisotopic (exact) mass is 479 g/mol. The van der Waals surface area contributed by atoms with Gasteiger partial charge in [0, 0.05) is 24.2 Å². The van der Waals surface area contributed by atoms with Gasteiger partial charge in [-0.3, -0.25) is 9.48 Å². The van der Waals surface area contributed by atoms with Crippen LogP contribution in [-0.4, -0.2) is 30.6 Å². The molecule has 1 saturated carbocycles. The third kappa shape index (κ3) is 5.62. The zero-order valence-electron chi connectivity index (χ0n) is 18.3. The summed E-state index contributed by atoms with van der Waals surface area (Å²) in [6, 6.07) is 9.82. The van der Waals surface area contributed by atoms with E-state index in [0.29, 0.717) is 12.0 Å². The van der Waals surface area contributed by atoms with Crippen molar-refractivity contribution in [2.24, 2.45) is 0 Å². The van der Waals surface area contributed by atoms with Gasteiger partial charge in [0.05, 0.1) is 36.2 Å². The van der Waals surface area contributed by atoms with Crippen molar-refractivity contribution in [3.05, 3.63) is 78.6 Å². The van der Waals surface area contributed by atoms with Crippen molar-refractivity contribution in [3.8, 4) is 11.1 Å². The Morgan fingerprint density at radius 3 is 2.29 bits per heavy atom. The molecule has 0 saturated heterocycles. The highest BCUT2D eigenvalue weighted by Gasteiger charge is 2.32. The number of carbonyl (C=O) groups excluding carboxylic acids is 1. The van der Waals surface area contributed by atoms with Gasteiger partial charge in [-0.1, -0.05) is 24.3 Å². The van der Waals surface area contributed by atoms with Crippen LogP contribution in [0.25, 0.3) is 11.1 Å². The second kappa shape index (κ2) is 9.16. The Hall–Kier alpha value is -4.28. The van der Waals surface area contributed by atoms with Crippen molar-refractivity contribution in [2.45, 2.75) is 31.5 Å². The summed E-state index contributed by atoms with van der Waals surface area (Å²) < 4.78 is 39.7. The molecule has 0 unspecified atom stereocenters. The van der Waals surface area contributed by atoms with Crippen molar-refractivity contribution >= 4 is 23.2 Å². The lowest BCUT2D eigenvalue weighted by molar-refractivity contribution is -0.141. The average molecular weight is 479 g/mol. The minimum atomic E-state index is -4.52. The van der Waals surface area contributed by atoms with Crippen LogP contribution >= 0.6 is 0 Å². The van der Waals surface area contributed by atoms with Crippen molar-refractivity contribution in [1.82, 2.24) is 24.7 Å². The molecule has 8 nitrogen and oxygen atoms in total. The normalized spacial score (nSPS) is 13.5. The van der Waals surface area contributed by atoms with Gasteiger partial charge in [-0.05, 0) is 36.1 Å². The molecule has 0 radical (unpaired) electrons. The Morgan fingerprint density at radius 2 is 1.66 bits per heavy atom. The highest BCUT2D eigenvalue weighted by Crippen LogP contribution is 2.34. The topological polar surface area (TPSA) is 97.6 Å². The molecule has 35 heavy (non-hydrogen) atoms. The van der Waals surface area contributed by atoms with Crippen LogP contribution in [0.4, 0.5) is 30.5 Å². The van der Waals surface area contributed by atoms with Crippen LogP contribution in [-0.2, 0) is 17.4 Å². The number of nitrogens with zero attached hydrogens (tertiary/aromatic N) is 5. The Morgan fingerprint density at radius 1 is 0.914 bits per heavy atom. The van der Waals surface area contributed by atoms with E-state index >= 15 is 0 Å². The summed E-state index contributed by atoms with van der Waals surface area (Å²) in [5.74, 6) is 0.109. The number of rotatable bonds is 7. The number of halogens is 3. The number of hydrogen-bond donors (Lipinski definition) is 2. The second-order valence-electron chi connectivity index (χ2n) is 8.21. The van der Waals surface area contributed by atoms with Crippen LogP contribution in [0, 0.1) is 0 Å². The van der Waals surface area contributed by atoms with Crippen LogP contribution in [0.5, 0.6) is 0 Å². The van der Waals surface area contributed by atoms with E-state index in [2.05, 4.69) is 30.7 Å². The molecule has 1 aliphatic carbocycles. The molecule has 0 bridgehead atoms. The molecule has 178 valence electrons. The van der Waals surface area contributed by atoms with E-state index in [-0.39, 0.29) is 18.0 Å². The summed E-state index contributed by atoms with van der Waals surface area (Å²) in [6.07, 6.45) is 5.96. The first-order valence-electron chi connectivity index (χ1n) is 10.9. The fraction of sp³-hybridized carbons (Fsp3) is 0.208. The van der Waals surface area contributed by atoms with E-state index in [1.165, 1.54) is 6.07 Å². The third-order valence-electron chi connectivity index (χ3n) is 5.42. The molecule has 1 amide bonds. The minimum absolute atomic E-state index is 0.0647. The SMILES string of the molecule is O=C(Cc1ccc(-c2cnc(Nc3cnn(C4CC4)c3)nc2)cc1)Nc1ccc(C(F)(F)F)nc1. The summed E-state index contributed by atoms with van der Waals surface area (Å²) in [5, 5.41) is 10.0. The smallest absolute Gasteiger partial charge is 0.324 e. The lowest BCUT2D eigenvalue weighted by Crippen LogP contribution is -2.15. The Balaban J connectivity index is 1.16. The Bertz CT molecular complexity index is 1310. The van der Waals surface area contributed by atoms with Gasteiger partial charge in [0.1, 0.15) is 5.69 Å². The molecule has 1 fully saturated rings. The van der Waals surface area contributed by atoms with Gasteiger partial charge in [-0.15, -0.1) is 0 Å². The maximum absolute atomic E-state index is 12.6. The molecule has 1 aromatic carbocycles. The van der Waals surface area contributed by atoms with Crippen molar-refractivity contribution in [2.75, 3.05) is 10.6 Å². The van der Waals surface area contributed by atoms with E-state index in [9.17, 15) is 18.0 Å². The molecule has 1 aliphatic rings. The summed E-state index contributed by atoms with van der Waals surface area (Å²) in [7, 11) is 0. The number of amides is 1. The number of carbonyl (C=O) groups is 1. The van der Waals surface area contributed by atoms with E-state index in [4.69, 9.17) is 0 Å². The molecule has 5 rings (SSSR count). The first-order valence-corrected chi connectivity index (χ1v) is 10.9. The van der Waals surface area contributed by atoms with Crippen molar-refractivity contribution < 1.29 is 18.0 Å². The van der Waals surface area contributed by atoms with Gasteiger partial charge in [-0.25, -0.2) is 15.0 Å². The standard InChI is InChI=1S/C24H20F3N7O/c25-24(26,27)21-8-5-18(12-28-21)32-22(35)9-15-1-3-16(4-2-15)17-10-29-23(30-11-17)33-19-13-31-34(14-19)20-6-7-20/h1-5,8,10-14,20H,6-7,9H2,(H,32,35)(H,29,30,33). The Kier molecular flexibility index (Phi) is 5.89. The first kappa shape index (κ1) is 22.5. The zero-order chi connectivity index (χ0) is 24.4. The second-order valence-corrected chi connectivity index (χ2v) is 8.21. The van der Waals surface area contributed by atoms with E-state index in [0.717, 1.165) is 47.5 Å². The maximum Gasteiger partial charge on any atom is 0.433 e. The van der Waals surface area contributed by atoms with Gasteiger partial charge in [-0.2, -0.15) is 18.3 Å². The number of alkyl halides is 3. The van der Waals surface area contributed by atoms with E-state index in [1.807, 2.05) is 23.0 Å². The molecule has 4 aromatic rings. The number of aromatic nitrogens is 5. The van der Waals surface area contributed by atoms with E-state index in [1.54, 1.807) is 30.7 Å². The quantitative estimate of drug-likeness (QED) is 0.387. The maximum atomic E-state index is 12.6. The minimum Gasteiger partial charge on any atom is -0.324 e. The summed E-state index contributed by atoms with van der Waals surface area (Å²) >= 11 is 0. The van der Waals surface area contributed by atoms with Gasteiger partial charge in [0.25, 0.3) is 0 Å². The fourth-order valence-electron chi connectivity index (χ4n) is 3.45. The average Bonchev–Trinajstić information content (AvgIpc) is 3.59. The molecule has 0 aliphatic heterocycles. The van der Waals surface area contributed by atoms with Gasteiger partial charge in [0.15, 0.2) is 0 Å². The zero-order valence-corrected chi connectivity index (χ0v) is 18.3. The van der Waals surface area contributed by atoms with Crippen molar-refractivity contribution in [1.29, 1.82) is 0 Å². The van der Waals surface area contributed by atoms with Crippen LogP contribution < -0.4 is 10.6 Å². The molecular weight excluding hydrogens is 459 g/mol. The number of benzene rings is 1. The molecule has 0 spiro atoms. The highest BCUT2D eigenvalue weighted by atomic mass is 19.4. The van der Waals surface area contributed by atoms with Gasteiger partial charge < -0.3 is 10.6 Å². The number of nitrogens with one attached hydrogen (secondary N) is 2. The lowest BCUT2D eigenvalue weighted by Gasteiger charge is -2.08. The van der Waals surface area contributed by atoms with E-state index < -0.39 is 11.9 Å². The summed E-state index contributed by atoms with van der Waals surface area (Å²) in [5.41, 5.74) is 2.47. The molecule has 3 heterocycles. The molecule has 3 aromatic heterocycles. The Labute approximate surface area is 198 Å². The predicted octanol–water partition coefficient (Wildman–Crippen LogP) is 5.01. The lowest BCUT2D eigenvalue weighted by atomic mass is 10.1. The van der Waals surface area contributed by atoms with Crippen LogP contribution in [0.15, 0.2) is 67.4 Å². The number of hydrogen-bond acceptors (Lipinski definition) is 6. The predicted molar refractivity (Wildman–Crippen MR) is 123 cm³/mol. The number of anilines is 3. The third-order valence-corrected chi connectivity index (χ3v) is 5.42. The van der Waals surface area contributed by atoms with Crippen LogP contribution in [0.1, 0.15) is 30.1 Å². The molecular formula is C24H20F3N7O. The molecule has 0 atom stereocenters. The first-order chi connectivity index (χ1) is 16.8. The van der Waals surface area contributed by atoms with Crippen LogP contribution in [0.2, 0.25) is 0 Å². The molecule has 11 heteroatoms. The summed E-state index contributed by atoms with van der Waals surface area (Å²) in [6.45, 7) is 0. The van der Waals surface area contributed by atoms with Crippen molar-refractivity contribution in [3.63, 3.8) is 0 Å².